The van der Waals surface area contributed by atoms with Gasteiger partial charge in [-0.05, 0) is 43.3 Å². The Bertz CT molecular complexity index is 1370. The molecule has 0 amide bonds. The number of aliphatic hydroxyl groups is 2. The van der Waals surface area contributed by atoms with E-state index in [0.717, 1.165) is 3.97 Å². The second kappa shape index (κ2) is 10.5. The largest absolute Gasteiger partial charge is 0.414 e. The van der Waals surface area contributed by atoms with Crippen LogP contribution in [0.25, 0.3) is 10.9 Å². The van der Waals surface area contributed by atoms with Crippen molar-refractivity contribution in [3.05, 3.63) is 66.4 Å². The molecule has 1 aliphatic rings. The molecular weight excluding hydrogens is 522 g/mol. The van der Waals surface area contributed by atoms with Gasteiger partial charge in [-0.3, -0.25) is 0 Å². The minimum Gasteiger partial charge on any atom is -0.414 e. The van der Waals surface area contributed by atoms with Crippen LogP contribution in [0.2, 0.25) is 18.1 Å². The summed E-state index contributed by atoms with van der Waals surface area (Å²) in [6, 6.07) is 15.0. The molecule has 0 aliphatic carbocycles. The minimum absolute atomic E-state index is 0.00636. The van der Waals surface area contributed by atoms with E-state index in [1.807, 2.05) is 0 Å². The maximum atomic E-state index is 13.6. The van der Waals surface area contributed by atoms with Crippen LogP contribution in [-0.4, -0.2) is 62.6 Å². The fourth-order valence-corrected chi connectivity index (χ4v) is 6.97. The Morgan fingerprint density at radius 3 is 2.37 bits per heavy atom. The molecule has 0 bridgehead atoms. The quantitative estimate of drug-likeness (QED) is 0.387. The van der Waals surface area contributed by atoms with Crippen LogP contribution >= 0.6 is 0 Å². The van der Waals surface area contributed by atoms with Crippen molar-refractivity contribution in [1.29, 1.82) is 0 Å². The van der Waals surface area contributed by atoms with Crippen LogP contribution in [0.5, 0.6) is 0 Å². The lowest BCUT2D eigenvalue weighted by Crippen LogP contribution is -2.59. The summed E-state index contributed by atoms with van der Waals surface area (Å²) in [6.07, 6.45) is -1.56. The topological polar surface area (TPSA) is 107 Å². The van der Waals surface area contributed by atoms with E-state index in [1.54, 1.807) is 49.4 Å². The number of nitrogens with zero attached hydrogens (tertiary/aromatic N) is 1. The molecule has 0 unspecified atom stereocenters. The SMILES string of the molecule is CCO[C@@H]1O[C@H](CO[Si](C)(C)C(C)(C)C)C[C@H](O)[C@]1(O)c1cn(S(=O)(=O)c2ccccc2)c2ccccc12. The number of aromatic nitrogens is 1. The van der Waals surface area contributed by atoms with Crippen molar-refractivity contribution < 1.29 is 32.5 Å². The number of rotatable bonds is 8. The lowest BCUT2D eigenvalue weighted by molar-refractivity contribution is -0.319. The molecule has 0 radical (unpaired) electrons. The van der Waals surface area contributed by atoms with Crippen molar-refractivity contribution in [1.82, 2.24) is 3.97 Å². The Kier molecular flexibility index (Phi) is 7.99. The third kappa shape index (κ3) is 5.11. The van der Waals surface area contributed by atoms with Gasteiger partial charge in [0.1, 0.15) is 0 Å². The standard InChI is InChI=1S/C28H39NO7SSi/c1-7-34-26-28(31,25(30)17-20(36-26)19-35-38(5,6)27(2,3)4)23-18-29(24-16-12-11-15-22(23)24)37(32,33)21-13-9-8-10-14-21/h8-16,18,20,25-26,30-31H,7,17,19H2,1-6H3/t20-,25-,26+,28+/m0/s1. The maximum Gasteiger partial charge on any atom is 0.268 e. The van der Waals surface area contributed by atoms with Crippen LogP contribution < -0.4 is 0 Å². The highest BCUT2D eigenvalue weighted by molar-refractivity contribution is 7.90. The molecule has 2 aromatic carbocycles. The molecule has 1 saturated heterocycles. The van der Waals surface area contributed by atoms with Crippen molar-refractivity contribution in [3.63, 3.8) is 0 Å². The number of fused-ring (bicyclic) bond motifs is 1. The van der Waals surface area contributed by atoms with E-state index < -0.39 is 42.4 Å². The lowest BCUT2D eigenvalue weighted by Gasteiger charge is -2.46. The molecule has 2 heterocycles. The fraction of sp³-hybridized carbons (Fsp3) is 0.500. The second-order valence-corrected chi connectivity index (χ2v) is 18.0. The molecule has 1 aliphatic heterocycles. The predicted molar refractivity (Wildman–Crippen MR) is 149 cm³/mol. The summed E-state index contributed by atoms with van der Waals surface area (Å²) in [7, 11) is -6.05. The van der Waals surface area contributed by atoms with Gasteiger partial charge in [-0.15, -0.1) is 0 Å². The smallest absolute Gasteiger partial charge is 0.268 e. The maximum absolute atomic E-state index is 13.6. The van der Waals surface area contributed by atoms with E-state index in [9.17, 15) is 18.6 Å². The van der Waals surface area contributed by atoms with E-state index in [-0.39, 0.29) is 35.1 Å². The number of ether oxygens (including phenoxy) is 2. The molecule has 0 spiro atoms. The fourth-order valence-electron chi connectivity index (χ4n) is 4.54. The van der Waals surface area contributed by atoms with Crippen molar-refractivity contribution in [3.8, 4) is 0 Å². The Labute approximate surface area is 226 Å². The van der Waals surface area contributed by atoms with Crippen LogP contribution in [0, 0.1) is 0 Å². The van der Waals surface area contributed by atoms with E-state index in [0.29, 0.717) is 10.9 Å². The minimum atomic E-state index is -3.98. The number of para-hydroxylation sites is 1. The Morgan fingerprint density at radius 2 is 1.74 bits per heavy atom. The highest BCUT2D eigenvalue weighted by Gasteiger charge is 2.54. The zero-order valence-electron chi connectivity index (χ0n) is 22.9. The van der Waals surface area contributed by atoms with Gasteiger partial charge in [0.15, 0.2) is 20.2 Å². The Hall–Kier alpha value is -2.05. The molecule has 1 fully saturated rings. The normalized spacial score (nSPS) is 25.1. The van der Waals surface area contributed by atoms with Crippen LogP contribution in [0.4, 0.5) is 0 Å². The van der Waals surface area contributed by atoms with Gasteiger partial charge in [0.25, 0.3) is 10.0 Å². The van der Waals surface area contributed by atoms with Crippen molar-refractivity contribution >= 4 is 29.2 Å². The van der Waals surface area contributed by atoms with Crippen LogP contribution in [0.15, 0.2) is 65.7 Å². The first-order chi connectivity index (χ1) is 17.7. The summed E-state index contributed by atoms with van der Waals surface area (Å²) in [5.41, 5.74) is -1.41. The zero-order valence-corrected chi connectivity index (χ0v) is 24.7. The average molecular weight is 562 g/mol. The summed E-state index contributed by atoms with van der Waals surface area (Å²) in [5, 5.41) is 24.0. The summed E-state index contributed by atoms with van der Waals surface area (Å²) in [5.74, 6) is 0. The molecule has 4 rings (SSSR count). The molecule has 1 aromatic heterocycles. The molecule has 4 atom stereocenters. The predicted octanol–water partition coefficient (Wildman–Crippen LogP) is 4.60. The van der Waals surface area contributed by atoms with Gasteiger partial charge in [-0.1, -0.05) is 57.2 Å². The number of benzene rings is 2. The molecular formula is C28H39NO7SSi. The molecule has 2 N–H and O–H groups in total. The van der Waals surface area contributed by atoms with Crippen LogP contribution in [-0.2, 0) is 29.5 Å². The van der Waals surface area contributed by atoms with Gasteiger partial charge in [-0.2, -0.15) is 0 Å². The molecule has 0 saturated carbocycles. The number of hydrogen-bond acceptors (Lipinski definition) is 7. The third-order valence-corrected chi connectivity index (χ3v) is 14.0. The summed E-state index contributed by atoms with van der Waals surface area (Å²) in [4.78, 5) is 0.115. The summed E-state index contributed by atoms with van der Waals surface area (Å²) >= 11 is 0. The Balaban J connectivity index is 1.74. The first-order valence-electron chi connectivity index (χ1n) is 13.0. The zero-order chi connectivity index (χ0) is 27.9. The van der Waals surface area contributed by atoms with Crippen molar-refractivity contribution in [2.24, 2.45) is 0 Å². The Morgan fingerprint density at radius 1 is 1.11 bits per heavy atom. The third-order valence-electron chi connectivity index (χ3n) is 7.83. The molecule has 208 valence electrons. The van der Waals surface area contributed by atoms with Gasteiger partial charge in [0.05, 0.1) is 29.2 Å². The van der Waals surface area contributed by atoms with E-state index in [4.69, 9.17) is 13.9 Å². The molecule has 8 nitrogen and oxygen atoms in total. The first-order valence-corrected chi connectivity index (χ1v) is 17.3. The lowest BCUT2D eigenvalue weighted by atomic mass is 9.82. The van der Waals surface area contributed by atoms with Gasteiger partial charge in [0.2, 0.25) is 0 Å². The number of aliphatic hydroxyl groups excluding tert-OH is 1. The van der Waals surface area contributed by atoms with Gasteiger partial charge < -0.3 is 24.1 Å². The summed E-state index contributed by atoms with van der Waals surface area (Å²) in [6.45, 7) is 13.0. The highest BCUT2D eigenvalue weighted by Crippen LogP contribution is 2.44. The van der Waals surface area contributed by atoms with Crippen LogP contribution in [0.3, 0.4) is 0 Å². The molecule has 3 aromatic rings. The van der Waals surface area contributed by atoms with Gasteiger partial charge >= 0.3 is 0 Å². The van der Waals surface area contributed by atoms with Crippen LogP contribution in [0.1, 0.15) is 39.7 Å². The average Bonchev–Trinajstić information content (AvgIpc) is 3.27. The monoisotopic (exact) mass is 561 g/mol. The highest BCUT2D eigenvalue weighted by atomic mass is 32.2. The molecule has 10 heteroatoms. The molecule has 38 heavy (non-hydrogen) atoms. The van der Waals surface area contributed by atoms with E-state index in [2.05, 4.69) is 33.9 Å². The van der Waals surface area contributed by atoms with Gasteiger partial charge in [-0.25, -0.2) is 12.4 Å². The van der Waals surface area contributed by atoms with E-state index >= 15 is 0 Å². The van der Waals surface area contributed by atoms with Crippen molar-refractivity contribution in [2.75, 3.05) is 13.2 Å². The summed E-state index contributed by atoms with van der Waals surface area (Å²) < 4.78 is 46.7. The first kappa shape index (κ1) is 28.9. The second-order valence-electron chi connectivity index (χ2n) is 11.4. The van der Waals surface area contributed by atoms with E-state index in [1.165, 1.54) is 18.3 Å². The number of hydrogen-bond donors (Lipinski definition) is 2. The van der Waals surface area contributed by atoms with Crippen molar-refractivity contribution in [2.45, 2.75) is 81.2 Å². The van der Waals surface area contributed by atoms with Gasteiger partial charge in [0, 0.05) is 30.2 Å².